The van der Waals surface area contributed by atoms with Gasteiger partial charge in [0, 0.05) is 39.3 Å². The number of rotatable bonds is 6. The largest absolute Gasteiger partial charge is 0.493 e. The summed E-state index contributed by atoms with van der Waals surface area (Å²) in [5.41, 5.74) is 0. The van der Waals surface area contributed by atoms with Crippen molar-refractivity contribution in [3.05, 3.63) is 24.3 Å². The highest BCUT2D eigenvalue weighted by Crippen LogP contribution is 2.25. The van der Waals surface area contributed by atoms with Gasteiger partial charge in [-0.25, -0.2) is 0 Å². The molecule has 1 amide bonds. The number of methoxy groups -OCH3 is 1. The second-order valence-electron chi connectivity index (χ2n) is 6.26. The Hall–Kier alpha value is -1.79. The van der Waals surface area contributed by atoms with Crippen molar-refractivity contribution < 1.29 is 19.0 Å². The van der Waals surface area contributed by atoms with Gasteiger partial charge in [-0.15, -0.1) is 0 Å². The van der Waals surface area contributed by atoms with Crippen LogP contribution in [-0.4, -0.2) is 74.9 Å². The van der Waals surface area contributed by atoms with Gasteiger partial charge in [0.05, 0.1) is 13.2 Å². The van der Waals surface area contributed by atoms with E-state index in [9.17, 15) is 4.79 Å². The van der Waals surface area contributed by atoms with E-state index in [2.05, 4.69) is 4.90 Å². The second-order valence-corrected chi connectivity index (χ2v) is 6.26. The van der Waals surface area contributed by atoms with Gasteiger partial charge in [0.2, 0.25) is 0 Å². The number of ether oxygens (including phenoxy) is 3. The van der Waals surface area contributed by atoms with Crippen molar-refractivity contribution in [1.29, 1.82) is 0 Å². The Kier molecular flexibility index (Phi) is 5.93. The van der Waals surface area contributed by atoms with E-state index in [0.29, 0.717) is 17.6 Å². The first-order valence-corrected chi connectivity index (χ1v) is 8.64. The van der Waals surface area contributed by atoms with Gasteiger partial charge in [-0.1, -0.05) is 12.1 Å². The molecule has 0 aromatic heterocycles. The first-order valence-electron chi connectivity index (χ1n) is 8.64. The summed E-state index contributed by atoms with van der Waals surface area (Å²) in [4.78, 5) is 16.6. The van der Waals surface area contributed by atoms with Gasteiger partial charge in [0.15, 0.2) is 18.1 Å². The maximum Gasteiger partial charge on any atom is 0.260 e. The summed E-state index contributed by atoms with van der Waals surface area (Å²) in [6.45, 7) is 5.23. The zero-order valence-corrected chi connectivity index (χ0v) is 14.3. The molecule has 2 heterocycles. The van der Waals surface area contributed by atoms with Crippen molar-refractivity contribution in [2.75, 3.05) is 53.0 Å². The average molecular weight is 334 g/mol. The molecule has 1 aromatic rings. The van der Waals surface area contributed by atoms with Crippen molar-refractivity contribution in [2.24, 2.45) is 0 Å². The first-order chi connectivity index (χ1) is 11.8. The summed E-state index contributed by atoms with van der Waals surface area (Å²) in [7, 11) is 1.59. The molecule has 1 atom stereocenters. The molecule has 0 spiro atoms. The molecule has 6 nitrogen and oxygen atoms in total. The molecule has 3 rings (SSSR count). The Labute approximate surface area is 143 Å². The number of piperazine rings is 1. The second kappa shape index (κ2) is 8.35. The highest BCUT2D eigenvalue weighted by atomic mass is 16.5. The summed E-state index contributed by atoms with van der Waals surface area (Å²) in [6, 6.07) is 7.38. The van der Waals surface area contributed by atoms with E-state index in [4.69, 9.17) is 14.2 Å². The van der Waals surface area contributed by atoms with Gasteiger partial charge >= 0.3 is 0 Å². The highest BCUT2D eigenvalue weighted by molar-refractivity contribution is 5.78. The smallest absolute Gasteiger partial charge is 0.260 e. The molecular formula is C18H26N2O4. The Morgan fingerprint density at radius 1 is 1.21 bits per heavy atom. The fourth-order valence-electron chi connectivity index (χ4n) is 3.22. The number of carbonyl (C=O) groups is 1. The van der Waals surface area contributed by atoms with E-state index in [-0.39, 0.29) is 12.5 Å². The lowest BCUT2D eigenvalue weighted by Crippen LogP contribution is -2.51. The molecule has 2 saturated heterocycles. The van der Waals surface area contributed by atoms with Crippen LogP contribution in [0.3, 0.4) is 0 Å². The Balaban J connectivity index is 1.41. The quantitative estimate of drug-likeness (QED) is 0.787. The van der Waals surface area contributed by atoms with Crippen LogP contribution in [0.15, 0.2) is 24.3 Å². The highest BCUT2D eigenvalue weighted by Gasteiger charge is 2.25. The van der Waals surface area contributed by atoms with E-state index in [1.54, 1.807) is 7.11 Å². The van der Waals surface area contributed by atoms with Crippen LogP contribution in [0.25, 0.3) is 0 Å². The maximum absolute atomic E-state index is 12.3. The molecule has 1 aromatic carbocycles. The Morgan fingerprint density at radius 2 is 1.96 bits per heavy atom. The van der Waals surface area contributed by atoms with Crippen LogP contribution >= 0.6 is 0 Å². The lowest BCUT2D eigenvalue weighted by molar-refractivity contribution is -0.135. The van der Waals surface area contributed by atoms with Crippen LogP contribution < -0.4 is 9.47 Å². The normalized spacial score (nSPS) is 21.7. The predicted octanol–water partition coefficient (Wildman–Crippen LogP) is 1.40. The number of para-hydroxylation sites is 2. The molecule has 1 unspecified atom stereocenters. The summed E-state index contributed by atoms with van der Waals surface area (Å²) < 4.78 is 16.5. The third kappa shape index (κ3) is 4.39. The zero-order chi connectivity index (χ0) is 16.8. The van der Waals surface area contributed by atoms with Crippen molar-refractivity contribution in [2.45, 2.75) is 18.9 Å². The van der Waals surface area contributed by atoms with Crippen LogP contribution in [0.1, 0.15) is 12.8 Å². The van der Waals surface area contributed by atoms with Gasteiger partial charge in [-0.05, 0) is 25.0 Å². The van der Waals surface area contributed by atoms with E-state index in [1.165, 1.54) is 6.42 Å². The number of amides is 1. The molecule has 132 valence electrons. The molecule has 0 radical (unpaired) electrons. The Bertz CT molecular complexity index is 538. The summed E-state index contributed by atoms with van der Waals surface area (Å²) in [5, 5.41) is 0. The fourth-order valence-corrected chi connectivity index (χ4v) is 3.22. The third-order valence-electron chi connectivity index (χ3n) is 4.63. The molecule has 0 N–H and O–H groups in total. The van der Waals surface area contributed by atoms with Crippen LogP contribution in [-0.2, 0) is 9.53 Å². The van der Waals surface area contributed by atoms with E-state index in [0.717, 1.165) is 45.8 Å². The number of benzene rings is 1. The molecule has 2 fully saturated rings. The fraction of sp³-hybridized carbons (Fsp3) is 0.611. The minimum Gasteiger partial charge on any atom is -0.493 e. The van der Waals surface area contributed by atoms with Gasteiger partial charge in [-0.3, -0.25) is 9.69 Å². The van der Waals surface area contributed by atoms with Crippen LogP contribution in [0.4, 0.5) is 0 Å². The molecule has 24 heavy (non-hydrogen) atoms. The SMILES string of the molecule is COc1ccccc1OCC(=O)N1CCN(CC2CCCO2)CC1. The van der Waals surface area contributed by atoms with E-state index in [1.807, 2.05) is 29.2 Å². The molecule has 2 aliphatic rings. The summed E-state index contributed by atoms with van der Waals surface area (Å²) >= 11 is 0. The predicted molar refractivity (Wildman–Crippen MR) is 90.5 cm³/mol. The Morgan fingerprint density at radius 3 is 2.62 bits per heavy atom. The number of hydrogen-bond acceptors (Lipinski definition) is 5. The van der Waals surface area contributed by atoms with Gasteiger partial charge in [0.25, 0.3) is 5.91 Å². The molecule has 0 saturated carbocycles. The molecule has 0 bridgehead atoms. The van der Waals surface area contributed by atoms with Crippen molar-refractivity contribution in [3.8, 4) is 11.5 Å². The van der Waals surface area contributed by atoms with Crippen LogP contribution in [0, 0.1) is 0 Å². The molecule has 6 heteroatoms. The standard InChI is InChI=1S/C18H26N2O4/c1-22-16-6-2-3-7-17(16)24-14-18(21)20-10-8-19(9-11-20)13-15-5-4-12-23-15/h2-3,6-7,15H,4-5,8-14H2,1H3. The van der Waals surface area contributed by atoms with Gasteiger partial charge in [0.1, 0.15) is 0 Å². The molecule has 0 aliphatic carbocycles. The minimum atomic E-state index is 0.0256. The lowest BCUT2D eigenvalue weighted by atomic mass is 10.2. The maximum atomic E-state index is 12.3. The van der Waals surface area contributed by atoms with Gasteiger partial charge in [-0.2, -0.15) is 0 Å². The molecular weight excluding hydrogens is 308 g/mol. The summed E-state index contributed by atoms with van der Waals surface area (Å²) in [6.07, 6.45) is 2.70. The number of nitrogens with zero attached hydrogens (tertiary/aromatic N) is 2. The average Bonchev–Trinajstić information content (AvgIpc) is 3.13. The van der Waals surface area contributed by atoms with Crippen LogP contribution in [0.5, 0.6) is 11.5 Å². The van der Waals surface area contributed by atoms with Crippen molar-refractivity contribution >= 4 is 5.91 Å². The number of hydrogen-bond donors (Lipinski definition) is 0. The third-order valence-corrected chi connectivity index (χ3v) is 4.63. The monoisotopic (exact) mass is 334 g/mol. The lowest BCUT2D eigenvalue weighted by Gasteiger charge is -2.35. The van der Waals surface area contributed by atoms with E-state index >= 15 is 0 Å². The number of carbonyl (C=O) groups excluding carboxylic acids is 1. The van der Waals surface area contributed by atoms with Crippen LogP contribution in [0.2, 0.25) is 0 Å². The van der Waals surface area contributed by atoms with Gasteiger partial charge < -0.3 is 19.1 Å². The van der Waals surface area contributed by atoms with Crippen molar-refractivity contribution in [3.63, 3.8) is 0 Å². The van der Waals surface area contributed by atoms with Crippen molar-refractivity contribution in [1.82, 2.24) is 9.80 Å². The topological polar surface area (TPSA) is 51.2 Å². The molecule has 2 aliphatic heterocycles. The summed E-state index contributed by atoms with van der Waals surface area (Å²) in [5.74, 6) is 1.27. The minimum absolute atomic E-state index is 0.0256. The van der Waals surface area contributed by atoms with E-state index < -0.39 is 0 Å². The zero-order valence-electron chi connectivity index (χ0n) is 14.3. The first kappa shape index (κ1) is 17.0.